The van der Waals surface area contributed by atoms with E-state index in [9.17, 15) is 4.79 Å². The molecule has 1 aromatic carbocycles. The number of rotatable bonds is 7. The van der Waals surface area contributed by atoms with E-state index in [0.717, 1.165) is 31.7 Å². The van der Waals surface area contributed by atoms with Crippen molar-refractivity contribution < 1.29 is 9.53 Å². The van der Waals surface area contributed by atoms with Gasteiger partial charge in [-0.25, -0.2) is 0 Å². The van der Waals surface area contributed by atoms with E-state index in [2.05, 4.69) is 20.4 Å². The highest BCUT2D eigenvalue weighted by atomic mass is 16.5. The van der Waals surface area contributed by atoms with Gasteiger partial charge in [0, 0.05) is 17.8 Å². The third kappa shape index (κ3) is 5.32. The largest absolute Gasteiger partial charge is 0.492 e. The summed E-state index contributed by atoms with van der Waals surface area (Å²) in [5.41, 5.74) is 2.37. The van der Waals surface area contributed by atoms with Crippen molar-refractivity contribution in [1.29, 1.82) is 0 Å². The molecule has 1 fully saturated rings. The normalized spacial score (nSPS) is 15.9. The number of piperidine rings is 1. The highest BCUT2D eigenvalue weighted by molar-refractivity contribution is 5.78. The summed E-state index contributed by atoms with van der Waals surface area (Å²) < 4.78 is 5.64. The molecular weight excluding hydrogens is 316 g/mol. The molecule has 2 N–H and O–H groups in total. The Morgan fingerprint density at radius 2 is 2.20 bits per heavy atom. The molecule has 1 amide bonds. The molecule has 134 valence electrons. The number of benzene rings is 1. The Bertz CT molecular complexity index is 664. The van der Waals surface area contributed by atoms with Crippen LogP contribution in [0.15, 0.2) is 36.5 Å². The zero-order valence-electron chi connectivity index (χ0n) is 14.7. The van der Waals surface area contributed by atoms with Crippen LogP contribution < -0.4 is 10.1 Å². The number of likely N-dealkylation sites (tertiary alicyclic amines) is 1. The van der Waals surface area contributed by atoms with Gasteiger partial charge in [0.2, 0.25) is 5.91 Å². The number of hydrogen-bond acceptors (Lipinski definition) is 4. The molecule has 0 radical (unpaired) electrons. The summed E-state index contributed by atoms with van der Waals surface area (Å²) in [5.74, 6) is 1.44. The lowest BCUT2D eigenvalue weighted by atomic mass is 9.94. The van der Waals surface area contributed by atoms with Crippen molar-refractivity contribution in [1.82, 2.24) is 20.4 Å². The maximum atomic E-state index is 12.1. The van der Waals surface area contributed by atoms with E-state index >= 15 is 0 Å². The van der Waals surface area contributed by atoms with Crippen molar-refractivity contribution in [2.24, 2.45) is 0 Å². The third-order valence-corrected chi connectivity index (χ3v) is 4.60. The smallest absolute Gasteiger partial charge is 0.234 e. The molecule has 1 aliphatic heterocycles. The minimum atomic E-state index is 0.0628. The average Bonchev–Trinajstić information content (AvgIpc) is 3.14. The lowest BCUT2D eigenvalue weighted by Crippen LogP contribution is -2.42. The Labute approximate surface area is 148 Å². The predicted molar refractivity (Wildman–Crippen MR) is 96.7 cm³/mol. The van der Waals surface area contributed by atoms with Crippen LogP contribution in [0.25, 0.3) is 0 Å². The van der Waals surface area contributed by atoms with Gasteiger partial charge in [-0.05, 0) is 56.6 Å². The molecule has 1 saturated heterocycles. The van der Waals surface area contributed by atoms with Crippen molar-refractivity contribution in [3.05, 3.63) is 47.8 Å². The van der Waals surface area contributed by atoms with E-state index in [1.165, 1.54) is 11.3 Å². The zero-order valence-corrected chi connectivity index (χ0v) is 14.7. The summed E-state index contributed by atoms with van der Waals surface area (Å²) in [6.45, 7) is 5.38. The van der Waals surface area contributed by atoms with Gasteiger partial charge < -0.3 is 10.1 Å². The monoisotopic (exact) mass is 342 g/mol. The minimum absolute atomic E-state index is 0.0628. The van der Waals surface area contributed by atoms with E-state index in [-0.39, 0.29) is 5.91 Å². The maximum absolute atomic E-state index is 12.1. The Morgan fingerprint density at radius 1 is 1.36 bits per heavy atom. The maximum Gasteiger partial charge on any atom is 0.234 e. The number of aromatic amines is 1. The molecule has 0 saturated carbocycles. The van der Waals surface area contributed by atoms with Crippen LogP contribution in [0.2, 0.25) is 0 Å². The van der Waals surface area contributed by atoms with Crippen LogP contribution in [-0.2, 0) is 4.79 Å². The molecule has 1 aromatic heterocycles. The predicted octanol–water partition coefficient (Wildman–Crippen LogP) is 2.09. The fourth-order valence-corrected chi connectivity index (χ4v) is 3.22. The fraction of sp³-hybridized carbons (Fsp3) is 0.474. The number of aryl methyl sites for hydroxylation is 1. The molecule has 6 nitrogen and oxygen atoms in total. The molecule has 6 heteroatoms. The lowest BCUT2D eigenvalue weighted by Gasteiger charge is -2.30. The Hall–Kier alpha value is -2.34. The zero-order chi connectivity index (χ0) is 17.5. The van der Waals surface area contributed by atoms with Crippen molar-refractivity contribution in [3.8, 4) is 5.75 Å². The first-order chi connectivity index (χ1) is 12.2. The van der Waals surface area contributed by atoms with Crippen LogP contribution in [0.4, 0.5) is 0 Å². The van der Waals surface area contributed by atoms with Gasteiger partial charge in [0.1, 0.15) is 12.4 Å². The van der Waals surface area contributed by atoms with Gasteiger partial charge in [0.15, 0.2) is 0 Å². The molecule has 0 bridgehead atoms. The van der Waals surface area contributed by atoms with Crippen molar-refractivity contribution in [2.45, 2.75) is 25.7 Å². The van der Waals surface area contributed by atoms with Gasteiger partial charge in [-0.2, -0.15) is 5.10 Å². The number of H-pyrrole nitrogens is 1. The number of aromatic nitrogens is 2. The van der Waals surface area contributed by atoms with Crippen LogP contribution in [0, 0.1) is 6.92 Å². The topological polar surface area (TPSA) is 70.2 Å². The van der Waals surface area contributed by atoms with E-state index in [1.54, 1.807) is 6.20 Å². The summed E-state index contributed by atoms with van der Waals surface area (Å²) in [5, 5.41) is 10.0. The summed E-state index contributed by atoms with van der Waals surface area (Å²) in [7, 11) is 0. The number of amides is 1. The van der Waals surface area contributed by atoms with Crippen molar-refractivity contribution in [2.75, 3.05) is 32.8 Å². The first-order valence-corrected chi connectivity index (χ1v) is 8.88. The molecule has 3 rings (SSSR count). The Balaban J connectivity index is 1.31. The second kappa shape index (κ2) is 8.67. The van der Waals surface area contributed by atoms with Gasteiger partial charge in [0.25, 0.3) is 0 Å². The van der Waals surface area contributed by atoms with E-state index in [1.807, 2.05) is 37.3 Å². The van der Waals surface area contributed by atoms with Crippen LogP contribution >= 0.6 is 0 Å². The number of ether oxygens (including phenoxy) is 1. The van der Waals surface area contributed by atoms with Crippen molar-refractivity contribution in [3.63, 3.8) is 0 Å². The second-order valence-corrected chi connectivity index (χ2v) is 6.58. The second-order valence-electron chi connectivity index (χ2n) is 6.58. The van der Waals surface area contributed by atoms with Crippen LogP contribution in [-0.4, -0.2) is 53.8 Å². The molecule has 0 spiro atoms. The third-order valence-electron chi connectivity index (χ3n) is 4.60. The van der Waals surface area contributed by atoms with Gasteiger partial charge >= 0.3 is 0 Å². The summed E-state index contributed by atoms with van der Waals surface area (Å²) in [6.07, 6.45) is 3.92. The highest BCUT2D eigenvalue weighted by Gasteiger charge is 2.22. The van der Waals surface area contributed by atoms with Gasteiger partial charge in [-0.1, -0.05) is 12.1 Å². The van der Waals surface area contributed by atoms with Crippen LogP contribution in [0.1, 0.15) is 30.0 Å². The number of carbonyl (C=O) groups is 1. The lowest BCUT2D eigenvalue weighted by molar-refractivity contribution is -0.122. The molecule has 2 aromatic rings. The molecule has 0 aliphatic carbocycles. The molecule has 0 unspecified atom stereocenters. The molecule has 0 atom stereocenters. The van der Waals surface area contributed by atoms with Crippen LogP contribution in [0.5, 0.6) is 5.75 Å². The molecule has 2 heterocycles. The Kier molecular flexibility index (Phi) is 6.06. The van der Waals surface area contributed by atoms with E-state index < -0.39 is 0 Å². The van der Waals surface area contributed by atoms with E-state index in [4.69, 9.17) is 4.74 Å². The van der Waals surface area contributed by atoms with Crippen LogP contribution in [0.3, 0.4) is 0 Å². The highest BCUT2D eigenvalue weighted by Crippen LogP contribution is 2.25. The molecular formula is C19H26N4O2. The average molecular weight is 342 g/mol. The SMILES string of the molecule is Cc1cccc(OCCNC(=O)CN2CCC(c3ccn[nH]3)CC2)c1. The first kappa shape index (κ1) is 17.5. The summed E-state index contributed by atoms with van der Waals surface area (Å²) in [6, 6.07) is 9.96. The quantitative estimate of drug-likeness (QED) is 0.756. The summed E-state index contributed by atoms with van der Waals surface area (Å²) in [4.78, 5) is 14.3. The standard InChI is InChI=1S/C19H26N4O2/c1-15-3-2-4-17(13-15)25-12-9-20-19(24)14-23-10-6-16(7-11-23)18-5-8-21-22-18/h2-5,8,13,16H,6-7,9-12,14H2,1H3,(H,20,24)(H,21,22). The number of carbonyl (C=O) groups excluding carboxylic acids is 1. The molecule has 25 heavy (non-hydrogen) atoms. The number of hydrogen-bond donors (Lipinski definition) is 2. The van der Waals surface area contributed by atoms with Gasteiger partial charge in [0.05, 0.1) is 13.1 Å². The molecule has 1 aliphatic rings. The fourth-order valence-electron chi connectivity index (χ4n) is 3.22. The van der Waals surface area contributed by atoms with E-state index in [0.29, 0.717) is 25.6 Å². The number of nitrogens with one attached hydrogen (secondary N) is 2. The van der Waals surface area contributed by atoms with Gasteiger partial charge in [-0.3, -0.25) is 14.8 Å². The summed E-state index contributed by atoms with van der Waals surface area (Å²) >= 11 is 0. The first-order valence-electron chi connectivity index (χ1n) is 8.88. The minimum Gasteiger partial charge on any atom is -0.492 e. The van der Waals surface area contributed by atoms with Gasteiger partial charge in [-0.15, -0.1) is 0 Å². The Morgan fingerprint density at radius 3 is 2.92 bits per heavy atom. The van der Waals surface area contributed by atoms with Crippen molar-refractivity contribution >= 4 is 5.91 Å². The number of nitrogens with zero attached hydrogens (tertiary/aromatic N) is 2.